The molecule has 0 aromatic heterocycles. The van der Waals surface area contributed by atoms with Crippen molar-refractivity contribution in [1.29, 1.82) is 0 Å². The van der Waals surface area contributed by atoms with E-state index in [1.807, 2.05) is 6.92 Å². The number of likely N-dealkylation sites (N-methyl/N-ethyl adjacent to an activating group) is 1. The van der Waals surface area contributed by atoms with E-state index in [0.717, 1.165) is 35.6 Å². The van der Waals surface area contributed by atoms with Crippen LogP contribution in [0, 0.1) is 6.92 Å². The average molecular weight is 417 g/mol. The van der Waals surface area contributed by atoms with Crippen LogP contribution in [0.25, 0.3) is 0 Å². The number of ether oxygens (including phenoxy) is 1. The molecular weight excluding hydrogens is 388 g/mol. The van der Waals surface area contributed by atoms with Gasteiger partial charge in [0.25, 0.3) is 10.0 Å². The summed E-state index contributed by atoms with van der Waals surface area (Å²) in [5, 5.41) is 0. The van der Waals surface area contributed by atoms with Gasteiger partial charge in [-0.1, -0.05) is 42.7 Å². The highest BCUT2D eigenvalue weighted by atomic mass is 32.2. The van der Waals surface area contributed by atoms with Crippen LogP contribution in [0.5, 0.6) is 5.75 Å². The summed E-state index contributed by atoms with van der Waals surface area (Å²) >= 11 is 0. The molecule has 29 heavy (non-hydrogen) atoms. The highest BCUT2D eigenvalue weighted by molar-refractivity contribution is 7.92. The Hall–Kier alpha value is -2.54. The summed E-state index contributed by atoms with van der Waals surface area (Å²) in [6.45, 7) is 1.62. The lowest BCUT2D eigenvalue weighted by Gasteiger charge is -2.30. The van der Waals surface area contributed by atoms with Crippen LogP contribution in [0.2, 0.25) is 0 Å². The Balaban J connectivity index is 1.99. The minimum Gasteiger partial charge on any atom is -0.495 e. The first-order valence-electron chi connectivity index (χ1n) is 9.82. The van der Waals surface area contributed by atoms with Crippen molar-refractivity contribution < 1.29 is 17.9 Å². The van der Waals surface area contributed by atoms with Crippen LogP contribution in [-0.4, -0.2) is 46.0 Å². The molecule has 0 saturated heterocycles. The molecule has 0 N–H and O–H groups in total. The number of para-hydroxylation sites is 2. The first-order valence-corrected chi connectivity index (χ1v) is 11.3. The van der Waals surface area contributed by atoms with Crippen LogP contribution < -0.4 is 9.04 Å². The molecule has 1 amide bonds. The summed E-state index contributed by atoms with van der Waals surface area (Å²) in [4.78, 5) is 14.9. The van der Waals surface area contributed by atoms with Gasteiger partial charge in [-0.15, -0.1) is 0 Å². The van der Waals surface area contributed by atoms with E-state index in [2.05, 4.69) is 0 Å². The second-order valence-corrected chi connectivity index (χ2v) is 9.30. The number of carbonyl (C=O) groups excluding carboxylic acids is 1. The molecule has 2 aromatic rings. The Morgan fingerprint density at radius 1 is 1.07 bits per heavy atom. The molecule has 1 fully saturated rings. The normalized spacial score (nSPS) is 14.6. The van der Waals surface area contributed by atoms with E-state index < -0.39 is 10.0 Å². The average Bonchev–Trinajstić information content (AvgIpc) is 3.26. The van der Waals surface area contributed by atoms with Crippen LogP contribution in [0.15, 0.2) is 53.4 Å². The van der Waals surface area contributed by atoms with Gasteiger partial charge in [-0.25, -0.2) is 8.42 Å². The van der Waals surface area contributed by atoms with Crippen LogP contribution in [0.3, 0.4) is 0 Å². The zero-order valence-corrected chi connectivity index (χ0v) is 18.0. The third-order valence-electron chi connectivity index (χ3n) is 5.51. The largest absolute Gasteiger partial charge is 0.495 e. The number of sulfonamides is 1. The van der Waals surface area contributed by atoms with Gasteiger partial charge >= 0.3 is 0 Å². The standard InChI is InChI=1S/C22H28N2O4S/c1-17-12-14-19(15-13-17)29(26,27)24(20-10-6-7-11-21(20)28-3)16-22(25)23(2)18-8-4-5-9-18/h6-7,10-15,18H,4-5,8-9,16H2,1-3H3. The lowest BCUT2D eigenvalue weighted by molar-refractivity contribution is -0.130. The predicted molar refractivity (Wildman–Crippen MR) is 114 cm³/mol. The monoisotopic (exact) mass is 416 g/mol. The minimum absolute atomic E-state index is 0.144. The molecule has 0 unspecified atom stereocenters. The van der Waals surface area contributed by atoms with Crippen molar-refractivity contribution in [2.75, 3.05) is 25.0 Å². The Labute approximate surface area is 173 Å². The molecule has 0 spiro atoms. The minimum atomic E-state index is -3.95. The van der Waals surface area contributed by atoms with E-state index in [0.29, 0.717) is 11.4 Å². The maximum Gasteiger partial charge on any atom is 0.264 e. The van der Waals surface area contributed by atoms with Crippen molar-refractivity contribution in [3.8, 4) is 5.75 Å². The molecule has 156 valence electrons. The van der Waals surface area contributed by atoms with Crippen molar-refractivity contribution in [2.24, 2.45) is 0 Å². The fourth-order valence-electron chi connectivity index (χ4n) is 3.70. The molecule has 2 aromatic carbocycles. The lowest BCUT2D eigenvalue weighted by Crippen LogP contribution is -2.44. The first kappa shape index (κ1) is 21.2. The van der Waals surface area contributed by atoms with E-state index in [-0.39, 0.29) is 23.4 Å². The fraction of sp³-hybridized carbons (Fsp3) is 0.409. The number of rotatable bonds is 7. The maximum atomic E-state index is 13.5. The number of amides is 1. The Bertz CT molecular complexity index is 951. The number of anilines is 1. The van der Waals surface area contributed by atoms with E-state index in [1.165, 1.54) is 7.11 Å². The summed E-state index contributed by atoms with van der Waals surface area (Å²) in [5.41, 5.74) is 1.31. The fourth-order valence-corrected chi connectivity index (χ4v) is 5.13. The van der Waals surface area contributed by atoms with Crippen LogP contribution in [0.1, 0.15) is 31.2 Å². The molecule has 0 bridgehead atoms. The van der Waals surface area contributed by atoms with Gasteiger partial charge in [0.05, 0.1) is 17.7 Å². The molecule has 1 aliphatic rings. The molecule has 0 aliphatic heterocycles. The summed E-state index contributed by atoms with van der Waals surface area (Å²) in [5.74, 6) is 0.179. The SMILES string of the molecule is COc1ccccc1N(CC(=O)N(C)C1CCCC1)S(=O)(=O)c1ccc(C)cc1. The second kappa shape index (κ2) is 8.86. The third kappa shape index (κ3) is 4.56. The van der Waals surface area contributed by atoms with E-state index >= 15 is 0 Å². The molecule has 1 aliphatic carbocycles. The van der Waals surface area contributed by atoms with Crippen molar-refractivity contribution in [1.82, 2.24) is 4.90 Å². The van der Waals surface area contributed by atoms with Gasteiger partial charge in [-0.2, -0.15) is 0 Å². The number of hydrogen-bond donors (Lipinski definition) is 0. The zero-order chi connectivity index (χ0) is 21.0. The van der Waals surface area contributed by atoms with Crippen molar-refractivity contribution in [3.63, 3.8) is 0 Å². The van der Waals surface area contributed by atoms with Crippen LogP contribution >= 0.6 is 0 Å². The van der Waals surface area contributed by atoms with Gasteiger partial charge in [-0.3, -0.25) is 9.10 Å². The van der Waals surface area contributed by atoms with Crippen molar-refractivity contribution in [2.45, 2.75) is 43.5 Å². The number of aryl methyl sites for hydroxylation is 1. The van der Waals surface area contributed by atoms with Gasteiger partial charge in [-0.05, 0) is 44.0 Å². The number of benzene rings is 2. The molecule has 6 nitrogen and oxygen atoms in total. The maximum absolute atomic E-state index is 13.5. The molecule has 1 saturated carbocycles. The Morgan fingerprint density at radius 3 is 2.31 bits per heavy atom. The number of carbonyl (C=O) groups is 1. The number of hydrogen-bond acceptors (Lipinski definition) is 4. The molecule has 0 radical (unpaired) electrons. The van der Waals surface area contributed by atoms with Gasteiger partial charge < -0.3 is 9.64 Å². The summed E-state index contributed by atoms with van der Waals surface area (Å²) in [7, 11) is -0.701. The van der Waals surface area contributed by atoms with Gasteiger partial charge in [0.15, 0.2) is 0 Å². The number of methoxy groups -OCH3 is 1. The molecular formula is C22H28N2O4S. The predicted octanol–water partition coefficient (Wildman–Crippen LogP) is 3.60. The van der Waals surface area contributed by atoms with Crippen molar-refractivity contribution >= 4 is 21.6 Å². The van der Waals surface area contributed by atoms with Gasteiger partial charge in [0.2, 0.25) is 5.91 Å². The van der Waals surface area contributed by atoms with Crippen LogP contribution in [0.4, 0.5) is 5.69 Å². The first-order chi connectivity index (χ1) is 13.8. The van der Waals surface area contributed by atoms with E-state index in [4.69, 9.17) is 4.74 Å². The lowest BCUT2D eigenvalue weighted by atomic mass is 10.2. The van der Waals surface area contributed by atoms with Crippen molar-refractivity contribution in [3.05, 3.63) is 54.1 Å². The summed E-state index contributed by atoms with van der Waals surface area (Å²) < 4.78 is 33.5. The third-order valence-corrected chi connectivity index (χ3v) is 7.28. The highest BCUT2D eigenvalue weighted by Crippen LogP contribution is 2.32. The number of nitrogens with zero attached hydrogens (tertiary/aromatic N) is 2. The second-order valence-electron chi connectivity index (χ2n) is 7.44. The highest BCUT2D eigenvalue weighted by Gasteiger charge is 2.32. The Kier molecular flexibility index (Phi) is 6.47. The van der Waals surface area contributed by atoms with Crippen LogP contribution in [-0.2, 0) is 14.8 Å². The molecule has 7 heteroatoms. The molecule has 0 atom stereocenters. The smallest absolute Gasteiger partial charge is 0.264 e. The summed E-state index contributed by atoms with van der Waals surface area (Å²) in [6, 6.07) is 13.7. The quantitative estimate of drug-likeness (QED) is 0.692. The van der Waals surface area contributed by atoms with E-state index in [1.54, 1.807) is 60.5 Å². The Morgan fingerprint density at radius 2 is 1.69 bits per heavy atom. The summed E-state index contributed by atoms with van der Waals surface area (Å²) in [6.07, 6.45) is 4.11. The van der Waals surface area contributed by atoms with E-state index in [9.17, 15) is 13.2 Å². The topological polar surface area (TPSA) is 66.9 Å². The molecule has 0 heterocycles. The zero-order valence-electron chi connectivity index (χ0n) is 17.2. The van der Waals surface area contributed by atoms with Gasteiger partial charge in [0.1, 0.15) is 12.3 Å². The van der Waals surface area contributed by atoms with Gasteiger partial charge in [0, 0.05) is 13.1 Å². The molecule has 3 rings (SSSR count).